The third kappa shape index (κ3) is 3.59. The summed E-state index contributed by atoms with van der Waals surface area (Å²) in [7, 11) is 0. The van der Waals surface area contributed by atoms with Crippen molar-refractivity contribution in [2.24, 2.45) is 0 Å². The lowest BCUT2D eigenvalue weighted by molar-refractivity contribution is 1.17. The van der Waals surface area contributed by atoms with Crippen LogP contribution in [0.5, 0.6) is 0 Å². The van der Waals surface area contributed by atoms with Crippen molar-refractivity contribution < 1.29 is 28.8 Å². The zero-order valence-electron chi connectivity index (χ0n) is 44.4. The molecule has 46 heavy (non-hydrogen) atoms. The number of para-hydroxylation sites is 2. The highest BCUT2D eigenvalue weighted by Crippen LogP contribution is 2.42. The van der Waals surface area contributed by atoms with Gasteiger partial charge in [0.1, 0.15) is 0 Å². The van der Waals surface area contributed by atoms with Gasteiger partial charge in [-0.1, -0.05) is 121 Å². The van der Waals surface area contributed by atoms with Gasteiger partial charge in [0.05, 0.1) is 50.9 Å². The molecule has 0 saturated heterocycles. The molecule has 2 nitrogen and oxygen atoms in total. The van der Waals surface area contributed by atoms with Gasteiger partial charge in [0, 0.05) is 32.9 Å². The molecule has 0 saturated carbocycles. The first-order valence-electron chi connectivity index (χ1n) is 24.7. The van der Waals surface area contributed by atoms with Crippen molar-refractivity contribution >= 4 is 65.2 Å². The van der Waals surface area contributed by atoms with Gasteiger partial charge in [0.15, 0.2) is 0 Å². The first kappa shape index (κ1) is 12.3. The Kier molecular flexibility index (Phi) is 2.60. The van der Waals surface area contributed by atoms with Crippen LogP contribution in [0.4, 0.5) is 0 Å². The van der Waals surface area contributed by atoms with E-state index in [0.29, 0.717) is 10.9 Å². The van der Waals surface area contributed by atoms with E-state index in [1.54, 1.807) is 30.3 Å². The predicted molar refractivity (Wildman–Crippen MR) is 196 cm³/mol. The SMILES string of the molecule is [2H]c1c([2H])c(-n2c3c([2H])c([2H])c([2H])c([2H])c3c3c4c5c([2H])c([2H])c([2H])c([2H])c5n(-c5c([2H])c([2H])c6c([2H])c([2H])c([2H])c([2H])c6c5[2H])c4c([2H])c([2H])c32)c([2H])c([2H])c1-c1cccc2ccccc12. The second kappa shape index (κ2) is 9.69. The summed E-state index contributed by atoms with van der Waals surface area (Å²) in [6, 6.07) is -3.77. The topological polar surface area (TPSA) is 9.86 Å². The smallest absolute Gasteiger partial charge is 0.0651 e. The Morgan fingerprint density at radius 3 is 1.72 bits per heavy atom. The zero-order chi connectivity index (χ0) is 48.5. The van der Waals surface area contributed by atoms with Crippen molar-refractivity contribution in [2.45, 2.75) is 0 Å². The van der Waals surface area contributed by atoms with Gasteiger partial charge >= 0.3 is 0 Å². The van der Waals surface area contributed by atoms with Crippen molar-refractivity contribution in [3.8, 4) is 22.5 Å². The standard InChI is InChI=1S/C44H28N2/c1-2-12-32-28-34(25-20-29(32)10-1)46-40-19-8-6-16-38(40)44-42(46)27-26-41-43(44)37-15-5-7-18-39(37)45(41)33-23-21-31(22-24-33)36-17-9-13-30-11-3-4-14-35(30)36/h1-28H/i1D,2D,5D,6D,7D,8D,10D,12D,15D,16D,18D,19D,20D,21D,22D,23D,24D,25D,26D,27D,28D. The Morgan fingerprint density at radius 2 is 0.978 bits per heavy atom. The molecule has 214 valence electrons. The molecule has 2 heterocycles. The lowest BCUT2D eigenvalue weighted by Crippen LogP contribution is -1.95. The number of benzene rings is 8. The molecule has 8 aromatic carbocycles. The summed E-state index contributed by atoms with van der Waals surface area (Å²) < 4.78 is 193. The van der Waals surface area contributed by atoms with Gasteiger partial charge in [-0.2, -0.15) is 0 Å². The highest BCUT2D eigenvalue weighted by molar-refractivity contribution is 6.29. The molecule has 2 heteroatoms. The normalized spacial score (nSPS) is 18.3. The minimum Gasteiger partial charge on any atom is -0.309 e. The number of fused-ring (bicyclic) bond motifs is 9. The van der Waals surface area contributed by atoms with Crippen LogP contribution in [0, 0.1) is 0 Å². The van der Waals surface area contributed by atoms with E-state index in [9.17, 15) is 16.4 Å². The Morgan fingerprint density at radius 1 is 0.391 bits per heavy atom. The molecular weight excluding hydrogens is 556 g/mol. The van der Waals surface area contributed by atoms with E-state index in [0.717, 1.165) is 14.5 Å². The molecule has 0 aliphatic heterocycles. The zero-order valence-corrected chi connectivity index (χ0v) is 23.4. The van der Waals surface area contributed by atoms with Crippen molar-refractivity contribution in [2.75, 3.05) is 0 Å². The molecule has 10 aromatic rings. The minimum atomic E-state index is -0.862. The largest absolute Gasteiger partial charge is 0.309 e. The van der Waals surface area contributed by atoms with Crippen molar-refractivity contribution in [3.05, 3.63) is 169 Å². The summed E-state index contributed by atoms with van der Waals surface area (Å²) in [5, 5.41) is -1.24. The van der Waals surface area contributed by atoms with Crippen LogP contribution in [0.1, 0.15) is 28.8 Å². The molecular formula is C44H28N2. The van der Waals surface area contributed by atoms with Gasteiger partial charge < -0.3 is 9.13 Å². The highest BCUT2D eigenvalue weighted by atomic mass is 15.0. The van der Waals surface area contributed by atoms with E-state index in [-0.39, 0.29) is 16.3 Å². The fourth-order valence-electron chi connectivity index (χ4n) is 6.16. The van der Waals surface area contributed by atoms with Crippen LogP contribution < -0.4 is 0 Å². The van der Waals surface area contributed by atoms with Crippen LogP contribution >= 0.6 is 0 Å². The molecule has 10 rings (SSSR count). The number of rotatable bonds is 3. The molecule has 0 fully saturated rings. The minimum absolute atomic E-state index is 0.0987. The molecule has 0 unspecified atom stereocenters. The monoisotopic (exact) mass is 605 g/mol. The lowest BCUT2D eigenvalue weighted by Gasteiger charge is -2.11. The van der Waals surface area contributed by atoms with Gasteiger partial charge in [-0.05, 0) is 81.0 Å². The van der Waals surface area contributed by atoms with Crippen molar-refractivity contribution in [1.82, 2.24) is 9.13 Å². The highest BCUT2D eigenvalue weighted by Gasteiger charge is 2.20. The average Bonchev–Trinajstić information content (AvgIpc) is 3.84. The van der Waals surface area contributed by atoms with Crippen LogP contribution in [0.15, 0.2) is 169 Å². The summed E-state index contributed by atoms with van der Waals surface area (Å²) in [5.74, 6) is 0. The maximum atomic E-state index is 9.72. The molecule has 0 radical (unpaired) electrons. The Bertz CT molecular complexity index is 3970. The van der Waals surface area contributed by atoms with E-state index in [2.05, 4.69) is 0 Å². The van der Waals surface area contributed by atoms with E-state index in [1.165, 1.54) is 0 Å². The van der Waals surface area contributed by atoms with Crippen LogP contribution in [0.2, 0.25) is 0 Å². The number of hydrogen-bond acceptors (Lipinski definition) is 0. The fraction of sp³-hybridized carbons (Fsp3) is 0. The molecule has 0 amide bonds. The maximum Gasteiger partial charge on any atom is 0.0651 e. The van der Waals surface area contributed by atoms with Crippen LogP contribution in [-0.2, 0) is 0 Å². The van der Waals surface area contributed by atoms with Crippen LogP contribution in [0.25, 0.3) is 87.7 Å². The second-order valence-corrected chi connectivity index (χ2v) is 10.5. The van der Waals surface area contributed by atoms with Crippen molar-refractivity contribution in [3.63, 3.8) is 0 Å². The van der Waals surface area contributed by atoms with Gasteiger partial charge in [-0.25, -0.2) is 0 Å². The van der Waals surface area contributed by atoms with Crippen molar-refractivity contribution in [1.29, 1.82) is 0 Å². The molecule has 0 spiro atoms. The summed E-state index contributed by atoms with van der Waals surface area (Å²) in [4.78, 5) is 0. The average molecular weight is 606 g/mol. The third-order valence-corrected chi connectivity index (χ3v) is 8.11. The quantitative estimate of drug-likeness (QED) is 0.190. The molecule has 0 aliphatic rings. The summed E-state index contributed by atoms with van der Waals surface area (Å²) in [6.07, 6.45) is 0. The first-order valence-corrected chi connectivity index (χ1v) is 14.2. The molecule has 0 aliphatic carbocycles. The third-order valence-electron chi connectivity index (χ3n) is 8.11. The Balaban J connectivity index is 1.49. The van der Waals surface area contributed by atoms with Gasteiger partial charge in [0.25, 0.3) is 0 Å². The summed E-state index contributed by atoms with van der Waals surface area (Å²) in [6.45, 7) is 0. The maximum absolute atomic E-state index is 9.72. The number of hydrogen-bond donors (Lipinski definition) is 0. The molecule has 0 N–H and O–H groups in total. The predicted octanol–water partition coefficient (Wildman–Crippen LogP) is 11.9. The van der Waals surface area contributed by atoms with E-state index >= 15 is 0 Å². The number of aromatic nitrogens is 2. The second-order valence-electron chi connectivity index (χ2n) is 10.5. The van der Waals surface area contributed by atoms with Crippen LogP contribution in [-0.4, -0.2) is 9.13 Å². The van der Waals surface area contributed by atoms with E-state index in [1.807, 2.05) is 12.1 Å². The fourth-order valence-corrected chi connectivity index (χ4v) is 6.16. The van der Waals surface area contributed by atoms with Gasteiger partial charge in [-0.15, -0.1) is 0 Å². The summed E-state index contributed by atoms with van der Waals surface area (Å²) >= 11 is 0. The van der Waals surface area contributed by atoms with Gasteiger partial charge in [0.2, 0.25) is 0 Å². The first-order chi connectivity index (χ1) is 31.6. The van der Waals surface area contributed by atoms with Crippen LogP contribution in [0.3, 0.4) is 0 Å². The lowest BCUT2D eigenvalue weighted by atomic mass is 9.98. The van der Waals surface area contributed by atoms with E-state index < -0.39 is 182 Å². The molecule has 2 aromatic heterocycles. The number of nitrogens with zero attached hydrogens (tertiary/aromatic N) is 2. The molecule has 0 bridgehead atoms. The summed E-state index contributed by atoms with van der Waals surface area (Å²) in [5.41, 5.74) is -2.98. The van der Waals surface area contributed by atoms with Gasteiger partial charge in [-0.3, -0.25) is 0 Å². The Hall–Kier alpha value is -6.12. The molecule has 0 atom stereocenters. The Labute approximate surface area is 295 Å². The van der Waals surface area contributed by atoms with E-state index in [4.69, 9.17) is 12.3 Å².